The first kappa shape index (κ1) is 33.3. The van der Waals surface area contributed by atoms with Crippen molar-refractivity contribution in [1.29, 1.82) is 0 Å². The highest BCUT2D eigenvalue weighted by atomic mass is 35.5. The molecule has 262 valence electrons. The van der Waals surface area contributed by atoms with E-state index in [9.17, 15) is 4.79 Å². The number of nitrogens with zero attached hydrogens (tertiary/aromatic N) is 7. The number of rotatable bonds is 9. The van der Waals surface area contributed by atoms with Gasteiger partial charge in [-0.3, -0.25) is 19.6 Å². The van der Waals surface area contributed by atoms with Crippen molar-refractivity contribution in [2.24, 2.45) is 0 Å². The van der Waals surface area contributed by atoms with E-state index in [1.54, 1.807) is 18.3 Å². The summed E-state index contributed by atoms with van der Waals surface area (Å²) in [5.41, 5.74) is 0.900. The van der Waals surface area contributed by atoms with Gasteiger partial charge < -0.3 is 19.3 Å². The molecular weight excluding hydrogens is 657 g/mol. The van der Waals surface area contributed by atoms with Crippen molar-refractivity contribution in [3.8, 4) is 17.3 Å². The lowest BCUT2D eigenvalue weighted by atomic mass is 9.95. The molecule has 1 atom stereocenters. The van der Waals surface area contributed by atoms with Gasteiger partial charge in [-0.2, -0.15) is 9.97 Å². The molecule has 8 rings (SSSR count). The number of aromatic nitrogens is 3. The summed E-state index contributed by atoms with van der Waals surface area (Å²) in [5.74, 6) is -0.0194. The summed E-state index contributed by atoms with van der Waals surface area (Å²) in [6.45, 7) is 7.69. The number of ether oxygens (including phenoxy) is 2. The van der Waals surface area contributed by atoms with E-state index in [4.69, 9.17) is 31.0 Å². The Morgan fingerprint density at radius 2 is 1.88 bits per heavy atom. The van der Waals surface area contributed by atoms with E-state index in [2.05, 4.69) is 14.8 Å². The number of pyridine rings is 1. The molecule has 6 heterocycles. The number of benzene rings is 2. The third kappa shape index (κ3) is 6.29. The van der Waals surface area contributed by atoms with Crippen LogP contribution in [0.2, 0.25) is 5.02 Å². The van der Waals surface area contributed by atoms with Crippen molar-refractivity contribution in [2.75, 3.05) is 77.6 Å². The number of hydrogen-bond acceptors (Lipinski definition) is 9. The fourth-order valence-corrected chi connectivity index (χ4v) is 8.60. The Labute approximate surface area is 296 Å². The van der Waals surface area contributed by atoms with Crippen molar-refractivity contribution < 1.29 is 18.7 Å². The molecule has 0 radical (unpaired) electrons. The van der Waals surface area contributed by atoms with Gasteiger partial charge in [-0.1, -0.05) is 48.0 Å². The standard InChI is InChI=1S/C38H43ClFN7O3/c1-44(27-12-18-46(24-27)31(48)11-4-15-45-19-21-49-22-20-45)36-29-23-41-34(28-9-2-7-26-8-3-10-30(39)32(26)28)33(40)35(29)42-37(43-36)50-25-38-13-5-16-47(38)17-6-14-38/h2-4,7-11,23,27H,5-6,12-22,24-25H2,1H3/b11-4+. The molecule has 0 bridgehead atoms. The van der Waals surface area contributed by atoms with E-state index >= 15 is 4.39 Å². The number of morpholine rings is 1. The highest BCUT2D eigenvalue weighted by Crippen LogP contribution is 2.40. The Hall–Kier alpha value is -3.90. The molecular formula is C38H43ClFN7O3. The summed E-state index contributed by atoms with van der Waals surface area (Å²) in [5, 5.41) is 2.65. The van der Waals surface area contributed by atoms with Gasteiger partial charge in [0.1, 0.15) is 23.6 Å². The van der Waals surface area contributed by atoms with Gasteiger partial charge in [0.2, 0.25) is 5.91 Å². The average Bonchev–Trinajstić information content (AvgIpc) is 3.88. The monoisotopic (exact) mass is 699 g/mol. The molecule has 12 heteroatoms. The van der Waals surface area contributed by atoms with E-state index in [0.717, 1.165) is 88.8 Å². The summed E-state index contributed by atoms with van der Waals surface area (Å²) >= 11 is 6.65. The van der Waals surface area contributed by atoms with Gasteiger partial charge in [-0.25, -0.2) is 4.39 Å². The molecule has 2 aromatic heterocycles. The summed E-state index contributed by atoms with van der Waals surface area (Å²) in [6, 6.07) is 11.4. The number of fused-ring (bicyclic) bond motifs is 3. The lowest BCUT2D eigenvalue weighted by molar-refractivity contribution is -0.125. The molecule has 10 nitrogen and oxygen atoms in total. The van der Waals surface area contributed by atoms with Crippen molar-refractivity contribution >= 4 is 45.0 Å². The molecule has 4 fully saturated rings. The van der Waals surface area contributed by atoms with Gasteiger partial charge in [-0.15, -0.1) is 0 Å². The second-order valence-electron chi connectivity index (χ2n) is 14.0. The van der Waals surface area contributed by atoms with E-state index < -0.39 is 5.82 Å². The van der Waals surface area contributed by atoms with Crippen LogP contribution in [0, 0.1) is 5.82 Å². The van der Waals surface area contributed by atoms with Crippen LogP contribution < -0.4 is 9.64 Å². The van der Waals surface area contributed by atoms with Gasteiger partial charge in [0.25, 0.3) is 0 Å². The number of halogens is 2. The molecule has 50 heavy (non-hydrogen) atoms. The third-order valence-corrected chi connectivity index (χ3v) is 11.4. The van der Waals surface area contributed by atoms with Crippen molar-refractivity contribution in [3.63, 3.8) is 0 Å². The Bertz CT molecular complexity index is 1920. The zero-order chi connectivity index (χ0) is 34.2. The Balaban J connectivity index is 1.10. The number of hydrogen-bond donors (Lipinski definition) is 0. The molecule has 4 aliphatic rings. The maximum Gasteiger partial charge on any atom is 0.319 e. The minimum atomic E-state index is -0.549. The number of carbonyl (C=O) groups excluding carboxylic acids is 1. The number of likely N-dealkylation sites (tertiary alicyclic amines) is 1. The first-order chi connectivity index (χ1) is 24.4. The Kier molecular flexibility index (Phi) is 9.32. The van der Waals surface area contributed by atoms with Gasteiger partial charge in [0.05, 0.1) is 24.1 Å². The molecule has 0 spiro atoms. The fraction of sp³-hybridized carbons (Fsp3) is 0.474. The van der Waals surface area contributed by atoms with Crippen LogP contribution in [0.5, 0.6) is 6.01 Å². The molecule has 4 aliphatic heterocycles. The molecule has 0 saturated carbocycles. The van der Waals surface area contributed by atoms with E-state index in [1.807, 2.05) is 53.3 Å². The Morgan fingerprint density at radius 1 is 1.10 bits per heavy atom. The lowest BCUT2D eigenvalue weighted by Gasteiger charge is -2.31. The largest absolute Gasteiger partial charge is 0.461 e. The molecule has 4 aromatic rings. The molecule has 4 saturated heterocycles. The molecule has 0 N–H and O–H groups in total. The number of anilines is 1. The summed E-state index contributed by atoms with van der Waals surface area (Å²) < 4.78 is 28.7. The van der Waals surface area contributed by atoms with Crippen LogP contribution in [0.25, 0.3) is 32.9 Å². The quantitative estimate of drug-likeness (QED) is 0.208. The second kappa shape index (κ2) is 14.0. The number of likely N-dealkylation sites (N-methyl/N-ethyl adjacent to an activating group) is 1. The van der Waals surface area contributed by atoms with Gasteiger partial charge in [-0.05, 0) is 56.6 Å². The highest BCUT2D eigenvalue weighted by molar-refractivity contribution is 6.36. The van der Waals surface area contributed by atoms with Gasteiger partial charge in [0.15, 0.2) is 5.82 Å². The van der Waals surface area contributed by atoms with Crippen LogP contribution in [0.3, 0.4) is 0 Å². The van der Waals surface area contributed by atoms with Crippen LogP contribution in [-0.2, 0) is 9.53 Å². The smallest absolute Gasteiger partial charge is 0.319 e. The summed E-state index contributed by atoms with van der Waals surface area (Å²) in [6.07, 6.45) is 10.5. The Morgan fingerprint density at radius 3 is 2.68 bits per heavy atom. The van der Waals surface area contributed by atoms with E-state index in [-0.39, 0.29) is 34.7 Å². The molecule has 0 aliphatic carbocycles. The van der Waals surface area contributed by atoms with Crippen LogP contribution in [0.15, 0.2) is 54.7 Å². The van der Waals surface area contributed by atoms with Crippen LogP contribution in [-0.4, -0.2) is 120 Å². The topological polar surface area (TPSA) is 87.2 Å². The first-order valence-electron chi connectivity index (χ1n) is 17.8. The molecule has 1 unspecified atom stereocenters. The minimum absolute atomic E-state index is 0.00577. The van der Waals surface area contributed by atoms with Crippen LogP contribution >= 0.6 is 11.6 Å². The predicted octanol–water partition coefficient (Wildman–Crippen LogP) is 5.57. The zero-order valence-corrected chi connectivity index (χ0v) is 29.2. The van der Waals surface area contributed by atoms with Crippen molar-refractivity contribution in [1.82, 2.24) is 29.7 Å². The van der Waals surface area contributed by atoms with E-state index in [0.29, 0.717) is 41.5 Å². The van der Waals surface area contributed by atoms with Gasteiger partial charge >= 0.3 is 6.01 Å². The molecule has 2 aromatic carbocycles. The van der Waals surface area contributed by atoms with Crippen molar-refractivity contribution in [3.05, 3.63) is 65.6 Å². The number of carbonyl (C=O) groups is 1. The third-order valence-electron chi connectivity index (χ3n) is 11.1. The van der Waals surface area contributed by atoms with Crippen LogP contribution in [0.4, 0.5) is 10.2 Å². The molecule has 1 amide bonds. The zero-order valence-electron chi connectivity index (χ0n) is 28.5. The van der Waals surface area contributed by atoms with Crippen LogP contribution in [0.1, 0.15) is 32.1 Å². The second-order valence-corrected chi connectivity index (χ2v) is 14.4. The fourth-order valence-electron chi connectivity index (χ4n) is 8.32. The lowest BCUT2D eigenvalue weighted by Crippen LogP contribution is -2.43. The number of amides is 1. The van der Waals surface area contributed by atoms with Crippen molar-refractivity contribution in [2.45, 2.75) is 43.7 Å². The average molecular weight is 700 g/mol. The maximum atomic E-state index is 16.8. The SMILES string of the molecule is CN(c1nc(OCC23CCCN2CCC3)nc2c(F)c(-c3cccc4cccc(Cl)c34)ncc12)C1CCN(C(=O)/C=C/CN2CCOCC2)C1. The minimum Gasteiger partial charge on any atom is -0.461 e. The summed E-state index contributed by atoms with van der Waals surface area (Å²) in [7, 11) is 1.95. The van der Waals surface area contributed by atoms with E-state index in [1.165, 1.54) is 0 Å². The maximum absolute atomic E-state index is 16.8. The summed E-state index contributed by atoms with van der Waals surface area (Å²) in [4.78, 5) is 36.1. The normalized spacial score (nSPS) is 21.1. The predicted molar refractivity (Wildman–Crippen MR) is 193 cm³/mol. The highest BCUT2D eigenvalue weighted by Gasteiger charge is 2.45. The first-order valence-corrected chi connectivity index (χ1v) is 18.2. The van der Waals surface area contributed by atoms with Gasteiger partial charge in [0, 0.05) is 74.1 Å².